The van der Waals surface area contributed by atoms with Crippen molar-refractivity contribution in [3.63, 3.8) is 0 Å². The molecule has 0 aliphatic carbocycles. The lowest BCUT2D eigenvalue weighted by molar-refractivity contribution is -0.123. The number of likely N-dealkylation sites (tertiary alicyclic amines) is 1. The fourth-order valence-corrected chi connectivity index (χ4v) is 3.03. The van der Waals surface area contributed by atoms with Crippen LogP contribution in [0.15, 0.2) is 24.5 Å². The van der Waals surface area contributed by atoms with Crippen LogP contribution < -0.4 is 11.1 Å². The Hall–Kier alpha value is -2.28. The molecule has 0 spiro atoms. The number of nitrogens with two attached hydrogens (primary N) is 1. The van der Waals surface area contributed by atoms with Crippen molar-refractivity contribution in [1.29, 1.82) is 0 Å². The van der Waals surface area contributed by atoms with Crippen molar-refractivity contribution in [2.45, 2.75) is 12.8 Å². The molecule has 1 unspecified atom stereocenters. The third kappa shape index (κ3) is 3.56. The second kappa shape index (κ2) is 6.87. The zero-order chi connectivity index (χ0) is 16.2. The first-order valence-electron chi connectivity index (χ1n) is 7.80. The number of piperidine rings is 1. The Kier molecular flexibility index (Phi) is 4.66. The van der Waals surface area contributed by atoms with Gasteiger partial charge in [0, 0.05) is 19.6 Å². The zero-order valence-electron chi connectivity index (χ0n) is 12.8. The van der Waals surface area contributed by atoms with Crippen LogP contribution in [-0.2, 0) is 4.79 Å². The largest absolute Gasteiger partial charge is 0.369 e. The molecule has 1 aliphatic rings. The van der Waals surface area contributed by atoms with Crippen LogP contribution in [0.25, 0.3) is 10.9 Å². The molecule has 1 saturated heterocycles. The minimum Gasteiger partial charge on any atom is -0.369 e. The van der Waals surface area contributed by atoms with Crippen molar-refractivity contribution in [2.24, 2.45) is 11.7 Å². The van der Waals surface area contributed by atoms with Gasteiger partial charge in [-0.05, 0) is 31.5 Å². The predicted octanol–water partition coefficient (Wildman–Crippen LogP) is 1.38. The number of rotatable bonds is 5. The lowest BCUT2D eigenvalue weighted by Gasteiger charge is -2.31. The molecule has 0 radical (unpaired) electrons. The van der Waals surface area contributed by atoms with Gasteiger partial charge in [0.25, 0.3) is 0 Å². The van der Waals surface area contributed by atoms with Gasteiger partial charge in [0.1, 0.15) is 18.0 Å². The van der Waals surface area contributed by atoms with Crippen LogP contribution in [-0.4, -0.2) is 47.0 Å². The average Bonchev–Trinajstić information content (AvgIpc) is 2.55. The van der Waals surface area contributed by atoms with Crippen molar-refractivity contribution in [1.82, 2.24) is 14.9 Å². The topological polar surface area (TPSA) is 84.1 Å². The van der Waals surface area contributed by atoms with Gasteiger partial charge in [0.05, 0.1) is 16.8 Å². The minimum atomic E-state index is -0.336. The lowest BCUT2D eigenvalue weighted by atomic mass is 9.97. The maximum atomic E-state index is 14.0. The Labute approximate surface area is 133 Å². The SMILES string of the molecule is NC(=O)C1CCCN(CCNc2ncnc3cccc(F)c23)C1. The van der Waals surface area contributed by atoms with Crippen LogP contribution in [0.3, 0.4) is 0 Å². The van der Waals surface area contributed by atoms with E-state index in [-0.39, 0.29) is 17.6 Å². The van der Waals surface area contributed by atoms with Crippen LogP contribution in [0.1, 0.15) is 12.8 Å². The van der Waals surface area contributed by atoms with E-state index in [1.54, 1.807) is 12.1 Å². The number of aromatic nitrogens is 2. The summed E-state index contributed by atoms with van der Waals surface area (Å²) in [6, 6.07) is 4.79. The molecule has 3 rings (SSSR count). The summed E-state index contributed by atoms with van der Waals surface area (Å²) in [5, 5.41) is 3.58. The standard InChI is InChI=1S/C16H20FN5O/c17-12-4-1-5-13-14(12)16(21-10-20-13)19-6-8-22-7-2-3-11(9-22)15(18)23/h1,4-5,10-11H,2-3,6-9H2,(H2,18,23)(H,19,20,21). The molecule has 2 aromatic rings. The van der Waals surface area contributed by atoms with E-state index in [0.717, 1.165) is 25.9 Å². The van der Waals surface area contributed by atoms with Crippen molar-refractivity contribution in [3.05, 3.63) is 30.3 Å². The quantitative estimate of drug-likeness (QED) is 0.870. The Morgan fingerprint density at radius 2 is 2.30 bits per heavy atom. The number of carbonyl (C=O) groups is 1. The summed E-state index contributed by atoms with van der Waals surface area (Å²) >= 11 is 0. The van der Waals surface area contributed by atoms with Gasteiger partial charge in [-0.15, -0.1) is 0 Å². The summed E-state index contributed by atoms with van der Waals surface area (Å²) in [5.74, 6) is -0.137. The predicted molar refractivity (Wildman–Crippen MR) is 86.3 cm³/mol. The third-order valence-electron chi connectivity index (χ3n) is 4.24. The number of anilines is 1. The van der Waals surface area contributed by atoms with Crippen molar-refractivity contribution >= 4 is 22.6 Å². The molecule has 6 nitrogen and oxygen atoms in total. The average molecular weight is 317 g/mol. The van der Waals surface area contributed by atoms with Crippen LogP contribution >= 0.6 is 0 Å². The van der Waals surface area contributed by atoms with Crippen LogP contribution in [0.2, 0.25) is 0 Å². The molecule has 1 atom stereocenters. The highest BCUT2D eigenvalue weighted by atomic mass is 19.1. The second-order valence-electron chi connectivity index (χ2n) is 5.83. The Bertz CT molecular complexity index is 703. The van der Waals surface area contributed by atoms with E-state index in [1.807, 2.05) is 0 Å². The number of carbonyl (C=O) groups excluding carboxylic acids is 1. The number of benzene rings is 1. The molecule has 1 fully saturated rings. The summed E-state index contributed by atoms with van der Waals surface area (Å²) < 4.78 is 14.0. The first-order chi connectivity index (χ1) is 11.1. The van der Waals surface area contributed by atoms with Gasteiger partial charge in [-0.25, -0.2) is 14.4 Å². The fourth-order valence-electron chi connectivity index (χ4n) is 3.03. The van der Waals surface area contributed by atoms with Crippen molar-refractivity contribution < 1.29 is 9.18 Å². The molecule has 1 aliphatic heterocycles. The minimum absolute atomic E-state index is 0.0684. The zero-order valence-corrected chi connectivity index (χ0v) is 12.8. The Morgan fingerprint density at radius 1 is 1.43 bits per heavy atom. The van der Waals surface area contributed by atoms with Crippen LogP contribution in [0.5, 0.6) is 0 Å². The maximum absolute atomic E-state index is 14.0. The number of nitrogens with one attached hydrogen (secondary N) is 1. The molecule has 0 bridgehead atoms. The van der Waals surface area contributed by atoms with E-state index in [1.165, 1.54) is 12.4 Å². The molecule has 2 heterocycles. The molecule has 3 N–H and O–H groups in total. The molecule has 122 valence electrons. The van der Waals surface area contributed by atoms with Gasteiger partial charge in [-0.1, -0.05) is 6.07 Å². The van der Waals surface area contributed by atoms with E-state index in [9.17, 15) is 9.18 Å². The Morgan fingerprint density at radius 3 is 3.13 bits per heavy atom. The lowest BCUT2D eigenvalue weighted by Crippen LogP contribution is -2.42. The second-order valence-corrected chi connectivity index (χ2v) is 5.83. The van der Waals surface area contributed by atoms with Crippen LogP contribution in [0, 0.1) is 11.7 Å². The van der Waals surface area contributed by atoms with Gasteiger partial charge in [-0.2, -0.15) is 0 Å². The molecule has 0 saturated carbocycles. The normalized spacial score (nSPS) is 18.9. The number of hydrogen-bond acceptors (Lipinski definition) is 5. The van der Waals surface area contributed by atoms with E-state index in [2.05, 4.69) is 20.2 Å². The molecular weight excluding hydrogens is 297 g/mol. The van der Waals surface area contributed by atoms with E-state index >= 15 is 0 Å². The highest BCUT2D eigenvalue weighted by Crippen LogP contribution is 2.22. The molecule has 1 amide bonds. The molecule has 7 heteroatoms. The Balaban J connectivity index is 1.62. The van der Waals surface area contributed by atoms with Gasteiger partial charge in [0.15, 0.2) is 0 Å². The third-order valence-corrected chi connectivity index (χ3v) is 4.24. The summed E-state index contributed by atoms with van der Waals surface area (Å²) in [4.78, 5) is 21.7. The molecule has 23 heavy (non-hydrogen) atoms. The van der Waals surface area contributed by atoms with E-state index in [4.69, 9.17) is 5.73 Å². The van der Waals surface area contributed by atoms with Crippen molar-refractivity contribution in [2.75, 3.05) is 31.5 Å². The summed E-state index contributed by atoms with van der Waals surface area (Å²) in [7, 11) is 0. The number of fused-ring (bicyclic) bond motifs is 1. The first-order valence-corrected chi connectivity index (χ1v) is 7.80. The molecule has 1 aromatic heterocycles. The van der Waals surface area contributed by atoms with E-state index < -0.39 is 0 Å². The molecule has 1 aromatic carbocycles. The smallest absolute Gasteiger partial charge is 0.221 e. The fraction of sp³-hybridized carbons (Fsp3) is 0.438. The number of nitrogens with zero attached hydrogens (tertiary/aromatic N) is 3. The first kappa shape index (κ1) is 15.6. The van der Waals surface area contributed by atoms with Gasteiger partial charge in [-0.3, -0.25) is 4.79 Å². The van der Waals surface area contributed by atoms with Crippen LogP contribution in [0.4, 0.5) is 10.2 Å². The number of amides is 1. The van der Waals surface area contributed by atoms with Gasteiger partial charge in [0.2, 0.25) is 5.91 Å². The number of halogens is 1. The van der Waals surface area contributed by atoms with Gasteiger partial charge < -0.3 is 16.0 Å². The van der Waals surface area contributed by atoms with Crippen molar-refractivity contribution in [3.8, 4) is 0 Å². The maximum Gasteiger partial charge on any atom is 0.221 e. The number of primary amides is 1. The van der Waals surface area contributed by atoms with Gasteiger partial charge >= 0.3 is 0 Å². The van der Waals surface area contributed by atoms with E-state index in [0.29, 0.717) is 29.8 Å². The monoisotopic (exact) mass is 317 g/mol. The highest BCUT2D eigenvalue weighted by Gasteiger charge is 2.23. The summed E-state index contributed by atoms with van der Waals surface area (Å²) in [5.41, 5.74) is 5.97. The number of hydrogen-bond donors (Lipinski definition) is 2. The summed E-state index contributed by atoms with van der Waals surface area (Å²) in [6.45, 7) is 3.01. The molecular formula is C16H20FN5O. The summed E-state index contributed by atoms with van der Waals surface area (Å²) in [6.07, 6.45) is 3.26. The highest BCUT2D eigenvalue weighted by molar-refractivity contribution is 5.89.